The molecule has 0 aliphatic heterocycles. The molecule has 2 N–H and O–H groups in total. The van der Waals surface area contributed by atoms with Crippen LogP contribution in [0.5, 0.6) is 0 Å². The van der Waals surface area contributed by atoms with Crippen LogP contribution in [0.15, 0.2) is 18.2 Å². The summed E-state index contributed by atoms with van der Waals surface area (Å²) in [5.74, 6) is 5.95. The second-order valence-electron chi connectivity index (χ2n) is 8.52. The monoisotopic (exact) mass is 304 g/mol. The van der Waals surface area contributed by atoms with Crippen molar-refractivity contribution in [1.29, 1.82) is 0 Å². The Bertz CT molecular complexity index is 598. The summed E-state index contributed by atoms with van der Waals surface area (Å²) < 4.78 is 5.33. The zero-order valence-electron chi connectivity index (χ0n) is 14.8. The first kappa shape index (κ1) is 16.8. The molecule has 0 fully saturated rings. The van der Waals surface area contributed by atoms with Gasteiger partial charge in [-0.05, 0) is 61.3 Å². The molecule has 4 nitrogen and oxygen atoms in total. The molecule has 0 bridgehead atoms. The van der Waals surface area contributed by atoms with Gasteiger partial charge in [-0.2, -0.15) is 0 Å². The second kappa shape index (κ2) is 4.98. The molecule has 1 aromatic rings. The molecule has 22 heavy (non-hydrogen) atoms. The molecular weight excluding hydrogens is 276 g/mol. The zero-order chi connectivity index (χ0) is 16.9. The Morgan fingerprint density at radius 2 is 1.68 bits per heavy atom. The van der Waals surface area contributed by atoms with Crippen LogP contribution in [0.1, 0.15) is 66.0 Å². The Kier molecular flexibility index (Phi) is 3.81. The number of carbonyl (C=O) groups excluding carboxylic acids is 1. The fourth-order valence-corrected chi connectivity index (χ4v) is 3.54. The van der Waals surface area contributed by atoms with Crippen molar-refractivity contribution in [3.63, 3.8) is 0 Å². The molecule has 4 heteroatoms. The minimum absolute atomic E-state index is 0.0730. The Balaban J connectivity index is 2.35. The number of nitrogens with two attached hydrogens (primary N) is 1. The van der Waals surface area contributed by atoms with Crippen LogP contribution >= 0.6 is 0 Å². The Labute approximate surface area is 133 Å². The number of hydrazine groups is 1. The smallest absolute Gasteiger partial charge is 0.429 e. The third-order valence-electron chi connectivity index (χ3n) is 4.21. The molecule has 1 amide bonds. The fraction of sp³-hybridized carbons (Fsp3) is 0.611. The van der Waals surface area contributed by atoms with Crippen LogP contribution in [0.25, 0.3) is 0 Å². The predicted molar refractivity (Wildman–Crippen MR) is 90.0 cm³/mol. The molecule has 0 spiro atoms. The van der Waals surface area contributed by atoms with Crippen LogP contribution in [-0.4, -0.2) is 11.7 Å². The van der Waals surface area contributed by atoms with Crippen LogP contribution in [-0.2, 0) is 15.6 Å². The van der Waals surface area contributed by atoms with Gasteiger partial charge in [-0.1, -0.05) is 33.8 Å². The van der Waals surface area contributed by atoms with E-state index in [-0.39, 0.29) is 10.8 Å². The second-order valence-corrected chi connectivity index (χ2v) is 8.52. The summed E-state index contributed by atoms with van der Waals surface area (Å²) in [6.45, 7) is 14.5. The van der Waals surface area contributed by atoms with Crippen LogP contribution in [0.4, 0.5) is 10.5 Å². The molecule has 0 heterocycles. The summed E-state index contributed by atoms with van der Waals surface area (Å²) in [7, 11) is 0. The lowest BCUT2D eigenvalue weighted by molar-refractivity contribution is 0.0580. The van der Waals surface area contributed by atoms with Crippen molar-refractivity contribution < 1.29 is 9.53 Å². The highest BCUT2D eigenvalue weighted by atomic mass is 16.6. The summed E-state index contributed by atoms with van der Waals surface area (Å²) in [4.78, 5) is 12.1. The molecule has 0 radical (unpaired) electrons. The fourth-order valence-electron chi connectivity index (χ4n) is 3.54. The van der Waals surface area contributed by atoms with Crippen molar-refractivity contribution in [3.8, 4) is 0 Å². The van der Waals surface area contributed by atoms with Gasteiger partial charge in [0.15, 0.2) is 0 Å². The SMILES string of the molecule is CC(C)(C)OC(=O)N(N)c1ccc2c(c1)C(C)(C)CC2(C)C. The number of amides is 1. The van der Waals surface area contributed by atoms with Crippen molar-refractivity contribution in [2.75, 3.05) is 5.01 Å². The molecule has 2 rings (SSSR count). The molecule has 0 saturated heterocycles. The number of benzene rings is 1. The number of hydrogen-bond acceptors (Lipinski definition) is 3. The summed E-state index contributed by atoms with van der Waals surface area (Å²) in [6, 6.07) is 6.00. The molecule has 0 unspecified atom stereocenters. The van der Waals surface area contributed by atoms with Gasteiger partial charge < -0.3 is 4.74 Å². The van der Waals surface area contributed by atoms with Gasteiger partial charge in [-0.3, -0.25) is 0 Å². The normalized spacial score (nSPS) is 18.7. The maximum Gasteiger partial charge on any atom is 0.429 e. The lowest BCUT2D eigenvalue weighted by Gasteiger charge is -2.25. The number of hydrogen-bond donors (Lipinski definition) is 1. The van der Waals surface area contributed by atoms with Gasteiger partial charge in [0.05, 0.1) is 5.69 Å². The van der Waals surface area contributed by atoms with E-state index < -0.39 is 11.7 Å². The molecule has 122 valence electrons. The molecule has 0 atom stereocenters. The van der Waals surface area contributed by atoms with Crippen LogP contribution in [0.3, 0.4) is 0 Å². The minimum atomic E-state index is -0.563. The predicted octanol–water partition coefficient (Wildman–Crippen LogP) is 4.26. The molecule has 1 aliphatic rings. The van der Waals surface area contributed by atoms with E-state index in [4.69, 9.17) is 10.6 Å². The first-order valence-electron chi connectivity index (χ1n) is 7.76. The zero-order valence-corrected chi connectivity index (χ0v) is 14.8. The molecule has 0 saturated carbocycles. The number of nitrogens with zero attached hydrogens (tertiary/aromatic N) is 1. The highest BCUT2D eigenvalue weighted by Crippen LogP contribution is 2.50. The van der Waals surface area contributed by atoms with E-state index in [1.165, 1.54) is 11.1 Å². The Morgan fingerprint density at radius 1 is 1.14 bits per heavy atom. The highest BCUT2D eigenvalue weighted by molar-refractivity contribution is 5.86. The lowest BCUT2D eigenvalue weighted by atomic mass is 9.82. The number of ether oxygens (including phenoxy) is 1. The van der Waals surface area contributed by atoms with Gasteiger partial charge in [0.25, 0.3) is 0 Å². The minimum Gasteiger partial charge on any atom is -0.442 e. The van der Waals surface area contributed by atoms with Crippen molar-refractivity contribution >= 4 is 11.8 Å². The van der Waals surface area contributed by atoms with Gasteiger partial charge in [-0.25, -0.2) is 15.6 Å². The van der Waals surface area contributed by atoms with Gasteiger partial charge in [0.1, 0.15) is 5.60 Å². The number of rotatable bonds is 1. The molecule has 1 aromatic carbocycles. The maximum absolute atomic E-state index is 12.1. The number of fused-ring (bicyclic) bond motifs is 1. The molecular formula is C18H28N2O2. The van der Waals surface area contributed by atoms with E-state index in [0.29, 0.717) is 5.69 Å². The summed E-state index contributed by atoms with van der Waals surface area (Å²) in [5.41, 5.74) is 2.91. The van der Waals surface area contributed by atoms with E-state index in [9.17, 15) is 4.79 Å². The summed E-state index contributed by atoms with van der Waals surface area (Å²) in [6.07, 6.45) is 0.540. The third kappa shape index (κ3) is 3.12. The van der Waals surface area contributed by atoms with Gasteiger partial charge in [0.2, 0.25) is 0 Å². The van der Waals surface area contributed by atoms with Crippen LogP contribution in [0.2, 0.25) is 0 Å². The number of carbonyl (C=O) groups is 1. The quantitative estimate of drug-likeness (QED) is 0.479. The topological polar surface area (TPSA) is 55.6 Å². The molecule has 1 aliphatic carbocycles. The molecule has 0 aromatic heterocycles. The van der Waals surface area contributed by atoms with Crippen molar-refractivity contribution in [2.45, 2.75) is 71.3 Å². The van der Waals surface area contributed by atoms with E-state index in [1.807, 2.05) is 32.9 Å². The maximum atomic E-state index is 12.1. The van der Waals surface area contributed by atoms with Gasteiger partial charge in [0, 0.05) is 0 Å². The van der Waals surface area contributed by atoms with Crippen molar-refractivity contribution in [2.24, 2.45) is 5.84 Å². The van der Waals surface area contributed by atoms with E-state index in [2.05, 4.69) is 33.8 Å². The van der Waals surface area contributed by atoms with E-state index in [0.717, 1.165) is 11.4 Å². The Morgan fingerprint density at radius 3 is 2.23 bits per heavy atom. The largest absolute Gasteiger partial charge is 0.442 e. The third-order valence-corrected chi connectivity index (χ3v) is 4.21. The Hall–Kier alpha value is -1.55. The summed E-state index contributed by atoms with van der Waals surface area (Å²) in [5, 5.41) is 1.09. The van der Waals surface area contributed by atoms with Crippen molar-refractivity contribution in [3.05, 3.63) is 29.3 Å². The summed E-state index contributed by atoms with van der Waals surface area (Å²) >= 11 is 0. The van der Waals surface area contributed by atoms with Crippen LogP contribution < -0.4 is 10.9 Å². The number of anilines is 1. The first-order chi connectivity index (χ1) is 9.83. The van der Waals surface area contributed by atoms with Gasteiger partial charge >= 0.3 is 6.09 Å². The van der Waals surface area contributed by atoms with Gasteiger partial charge in [-0.15, -0.1) is 0 Å². The first-order valence-corrected chi connectivity index (χ1v) is 7.76. The average molecular weight is 304 g/mol. The highest BCUT2D eigenvalue weighted by Gasteiger charge is 2.42. The van der Waals surface area contributed by atoms with Crippen LogP contribution in [0, 0.1) is 0 Å². The standard InChI is InChI=1S/C18H28N2O2/c1-16(2,3)22-15(21)20(19)12-8-9-13-14(10-12)18(6,7)11-17(13,4)5/h8-10H,11,19H2,1-7H3. The average Bonchev–Trinajstić information content (AvgIpc) is 2.51. The van der Waals surface area contributed by atoms with E-state index >= 15 is 0 Å². The van der Waals surface area contributed by atoms with E-state index in [1.54, 1.807) is 0 Å². The van der Waals surface area contributed by atoms with Crippen molar-refractivity contribution in [1.82, 2.24) is 0 Å². The lowest BCUT2D eigenvalue weighted by Crippen LogP contribution is -2.41.